The molecule has 2 rings (SSSR count). The molecule has 3 N–H and O–H groups in total. The summed E-state index contributed by atoms with van der Waals surface area (Å²) in [5.74, 6) is -0.897. The molecule has 0 aliphatic carbocycles. The fourth-order valence-corrected chi connectivity index (χ4v) is 1.52. The number of alkyl halides is 3. The molecular formula is C12H9F4N3O. The summed E-state index contributed by atoms with van der Waals surface area (Å²) in [5.41, 5.74) is -0.339. The van der Waals surface area contributed by atoms with E-state index in [1.807, 2.05) is 0 Å². The van der Waals surface area contributed by atoms with E-state index in [4.69, 9.17) is 0 Å². The van der Waals surface area contributed by atoms with Crippen LogP contribution in [0.5, 0.6) is 0 Å². The van der Waals surface area contributed by atoms with E-state index in [0.717, 1.165) is 12.1 Å². The first-order valence-electron chi connectivity index (χ1n) is 5.45. The topological polar surface area (TPSA) is 64.6 Å². The first kappa shape index (κ1) is 14.2. The number of anilines is 2. The van der Waals surface area contributed by atoms with Crippen molar-refractivity contribution in [2.45, 2.75) is 6.18 Å². The third-order valence-electron chi connectivity index (χ3n) is 2.48. The van der Waals surface area contributed by atoms with Gasteiger partial charge < -0.3 is 16.0 Å². The lowest BCUT2D eigenvalue weighted by Crippen LogP contribution is -2.70. The summed E-state index contributed by atoms with van der Waals surface area (Å²) in [6.45, 7) is 0. The molecule has 1 aromatic carbocycles. The number of hydrogen-bond donors (Lipinski definition) is 2. The molecule has 0 atom stereocenters. The number of halogens is 4. The van der Waals surface area contributed by atoms with Crippen molar-refractivity contribution >= 4 is 17.2 Å². The zero-order valence-corrected chi connectivity index (χ0v) is 9.91. The summed E-state index contributed by atoms with van der Waals surface area (Å²) in [5, 5.41) is 13.1. The molecule has 0 aliphatic heterocycles. The number of nitrogens with two attached hydrogens (primary N) is 1. The van der Waals surface area contributed by atoms with Gasteiger partial charge in [-0.2, -0.15) is 13.2 Å². The Morgan fingerprint density at radius 3 is 2.50 bits per heavy atom. The molecule has 2 aromatic rings. The number of benzene rings is 1. The van der Waals surface area contributed by atoms with E-state index >= 15 is 0 Å². The number of quaternary nitrogens is 1. The Hall–Kier alpha value is -2.19. The fourth-order valence-electron chi connectivity index (χ4n) is 1.52. The SMILES string of the molecule is [O-][NH2+]c1ccnc(Nc2ccc(C(F)(F)F)cc2F)c1. The van der Waals surface area contributed by atoms with Gasteiger partial charge in [0.05, 0.1) is 11.3 Å². The Kier molecular flexibility index (Phi) is 3.86. The van der Waals surface area contributed by atoms with E-state index < -0.39 is 17.6 Å². The van der Waals surface area contributed by atoms with Crippen molar-refractivity contribution in [2.75, 3.05) is 5.32 Å². The van der Waals surface area contributed by atoms with E-state index in [-0.39, 0.29) is 11.5 Å². The van der Waals surface area contributed by atoms with Gasteiger partial charge in [-0.05, 0) is 18.2 Å². The Balaban J connectivity index is 2.25. The van der Waals surface area contributed by atoms with Crippen LogP contribution in [0, 0.1) is 11.0 Å². The maximum Gasteiger partial charge on any atom is 0.416 e. The quantitative estimate of drug-likeness (QED) is 0.674. The standard InChI is InChI=1S/C12H9F4N3O/c13-9-5-7(12(14,15)16)1-2-10(9)18-11-6-8(19-20)3-4-17-11/h1-6H,19H2,(H,17,18). The van der Waals surface area contributed by atoms with Gasteiger partial charge >= 0.3 is 6.18 Å². The Labute approximate surface area is 111 Å². The zero-order chi connectivity index (χ0) is 14.8. The molecule has 0 bridgehead atoms. The zero-order valence-electron chi connectivity index (χ0n) is 9.91. The second-order valence-electron chi connectivity index (χ2n) is 3.91. The van der Waals surface area contributed by atoms with Crippen LogP contribution >= 0.6 is 0 Å². The summed E-state index contributed by atoms with van der Waals surface area (Å²) in [6, 6.07) is 4.92. The van der Waals surface area contributed by atoms with Gasteiger partial charge in [0.15, 0.2) is 0 Å². The summed E-state index contributed by atoms with van der Waals surface area (Å²) >= 11 is 0. The Morgan fingerprint density at radius 2 is 1.90 bits per heavy atom. The molecule has 20 heavy (non-hydrogen) atoms. The molecule has 1 aromatic heterocycles. The van der Waals surface area contributed by atoms with Gasteiger partial charge in [0.1, 0.15) is 17.3 Å². The normalized spacial score (nSPS) is 11.4. The summed E-state index contributed by atoms with van der Waals surface area (Å²) < 4.78 is 50.7. The number of aromatic nitrogens is 1. The molecule has 0 radical (unpaired) electrons. The van der Waals surface area contributed by atoms with E-state index in [9.17, 15) is 22.8 Å². The van der Waals surface area contributed by atoms with Gasteiger partial charge in [0.25, 0.3) is 0 Å². The first-order valence-corrected chi connectivity index (χ1v) is 5.45. The van der Waals surface area contributed by atoms with Gasteiger partial charge in [0, 0.05) is 18.3 Å². The number of rotatable bonds is 3. The highest BCUT2D eigenvalue weighted by molar-refractivity contribution is 5.59. The van der Waals surface area contributed by atoms with Gasteiger partial charge in [-0.25, -0.2) is 9.37 Å². The monoisotopic (exact) mass is 287 g/mol. The van der Waals surface area contributed by atoms with E-state index in [0.29, 0.717) is 17.2 Å². The molecule has 0 unspecified atom stereocenters. The van der Waals surface area contributed by atoms with Crippen LogP contribution in [-0.4, -0.2) is 4.98 Å². The van der Waals surface area contributed by atoms with E-state index in [1.165, 1.54) is 18.3 Å². The van der Waals surface area contributed by atoms with Gasteiger partial charge in [-0.1, -0.05) is 0 Å². The highest BCUT2D eigenvalue weighted by Crippen LogP contribution is 2.31. The Morgan fingerprint density at radius 1 is 1.15 bits per heavy atom. The van der Waals surface area contributed by atoms with Crippen molar-refractivity contribution in [1.82, 2.24) is 4.98 Å². The number of pyridine rings is 1. The highest BCUT2D eigenvalue weighted by Gasteiger charge is 2.31. The van der Waals surface area contributed by atoms with Crippen LogP contribution in [0.15, 0.2) is 36.5 Å². The van der Waals surface area contributed by atoms with Crippen molar-refractivity contribution in [3.05, 3.63) is 53.1 Å². The summed E-state index contributed by atoms with van der Waals surface area (Å²) in [4.78, 5) is 3.84. The summed E-state index contributed by atoms with van der Waals surface area (Å²) in [7, 11) is 0. The number of nitrogens with one attached hydrogen (secondary N) is 1. The molecule has 8 heteroatoms. The molecule has 4 nitrogen and oxygen atoms in total. The third kappa shape index (κ3) is 3.22. The minimum absolute atomic E-state index is 0.159. The largest absolute Gasteiger partial charge is 0.630 e. The maximum atomic E-state index is 13.6. The van der Waals surface area contributed by atoms with Crippen LogP contribution in [0.4, 0.5) is 34.8 Å². The fraction of sp³-hybridized carbons (Fsp3) is 0.0833. The third-order valence-corrected chi connectivity index (χ3v) is 2.48. The molecule has 0 saturated heterocycles. The van der Waals surface area contributed by atoms with Crippen LogP contribution < -0.4 is 10.8 Å². The molecule has 0 aliphatic rings. The van der Waals surface area contributed by atoms with Crippen LogP contribution in [0.2, 0.25) is 0 Å². The average molecular weight is 287 g/mol. The lowest BCUT2D eigenvalue weighted by atomic mass is 10.2. The van der Waals surface area contributed by atoms with Gasteiger partial charge in [0.2, 0.25) is 0 Å². The minimum atomic E-state index is -4.60. The molecule has 0 fully saturated rings. The van der Waals surface area contributed by atoms with Gasteiger partial charge in [-0.15, -0.1) is 0 Å². The maximum absolute atomic E-state index is 13.6. The molecule has 0 saturated carbocycles. The van der Waals surface area contributed by atoms with Crippen molar-refractivity contribution in [2.24, 2.45) is 0 Å². The van der Waals surface area contributed by atoms with Crippen LogP contribution in [0.3, 0.4) is 0 Å². The Bertz CT molecular complexity index is 616. The predicted molar refractivity (Wildman–Crippen MR) is 63.9 cm³/mol. The number of hydrogen-bond acceptors (Lipinski definition) is 3. The van der Waals surface area contributed by atoms with Gasteiger partial charge in [-0.3, -0.25) is 0 Å². The second kappa shape index (κ2) is 5.43. The molecule has 0 spiro atoms. The molecule has 0 amide bonds. The number of nitrogens with zero attached hydrogens (tertiary/aromatic N) is 1. The van der Waals surface area contributed by atoms with Crippen molar-refractivity contribution in [3.8, 4) is 0 Å². The summed E-state index contributed by atoms with van der Waals surface area (Å²) in [6.07, 6.45) is -3.27. The van der Waals surface area contributed by atoms with E-state index in [2.05, 4.69) is 10.3 Å². The van der Waals surface area contributed by atoms with E-state index in [1.54, 1.807) is 0 Å². The highest BCUT2D eigenvalue weighted by atomic mass is 19.4. The lowest BCUT2D eigenvalue weighted by Gasteiger charge is -2.11. The first-order chi connectivity index (χ1) is 9.40. The van der Waals surface area contributed by atoms with Crippen molar-refractivity contribution in [1.29, 1.82) is 0 Å². The van der Waals surface area contributed by atoms with Crippen LogP contribution in [0.25, 0.3) is 0 Å². The average Bonchev–Trinajstić information content (AvgIpc) is 2.40. The van der Waals surface area contributed by atoms with Crippen molar-refractivity contribution in [3.63, 3.8) is 0 Å². The van der Waals surface area contributed by atoms with Crippen LogP contribution in [-0.2, 0) is 6.18 Å². The second-order valence-corrected chi connectivity index (χ2v) is 3.91. The molecule has 106 valence electrons. The molecule has 1 heterocycles. The minimum Gasteiger partial charge on any atom is -0.630 e. The lowest BCUT2D eigenvalue weighted by molar-refractivity contribution is -0.497. The molecular weight excluding hydrogens is 278 g/mol. The van der Waals surface area contributed by atoms with Crippen molar-refractivity contribution < 1.29 is 23.0 Å². The smallest absolute Gasteiger partial charge is 0.416 e. The predicted octanol–water partition coefficient (Wildman–Crippen LogP) is 2.68. The van der Waals surface area contributed by atoms with Crippen LogP contribution in [0.1, 0.15) is 5.56 Å².